The maximum atomic E-state index is 5.30. The number of benzene rings is 8. The molecule has 0 radical (unpaired) electrons. The van der Waals surface area contributed by atoms with E-state index in [1.54, 1.807) is 0 Å². The Kier molecular flexibility index (Phi) is 8.85. The zero-order chi connectivity index (χ0) is 39.2. The van der Waals surface area contributed by atoms with Crippen LogP contribution in [0.3, 0.4) is 0 Å². The van der Waals surface area contributed by atoms with Gasteiger partial charge in [-0.05, 0) is 110 Å². The molecule has 0 spiro atoms. The summed E-state index contributed by atoms with van der Waals surface area (Å²) in [7, 11) is 0. The standard InChI is InChI=1S/C57H44N2/c1-3-17-39(18-4-1)55-51-31-9-12-34-54(51)58-56(59-55)46-25-15-23-44(37-46)42-21-13-19-40(35-42)41-20-14-22-43(36-41)45-24-16-28-48(38-45)57(47-26-5-2-6-27-47)52-32-10-7-29-49(52)50-30-8-11-33-53(50)57/h2,5-16,19-39H,1,3-4,17-18H2. The number of nitrogens with zero attached hydrogens (tertiary/aromatic N) is 2. The molecule has 59 heavy (non-hydrogen) atoms. The van der Waals surface area contributed by atoms with E-state index in [1.165, 1.54) is 104 Å². The van der Waals surface area contributed by atoms with E-state index in [9.17, 15) is 0 Å². The van der Waals surface area contributed by atoms with Crippen molar-refractivity contribution in [3.05, 3.63) is 228 Å². The fourth-order valence-corrected chi connectivity index (χ4v) is 10.2. The monoisotopic (exact) mass is 756 g/mol. The van der Waals surface area contributed by atoms with Crippen LogP contribution in [-0.2, 0) is 5.41 Å². The molecule has 9 aromatic rings. The highest BCUT2D eigenvalue weighted by Gasteiger charge is 2.45. The van der Waals surface area contributed by atoms with E-state index in [4.69, 9.17) is 9.97 Å². The molecule has 1 heterocycles. The van der Waals surface area contributed by atoms with Crippen molar-refractivity contribution >= 4 is 10.9 Å². The molecule has 0 unspecified atom stereocenters. The van der Waals surface area contributed by atoms with Gasteiger partial charge in [0.25, 0.3) is 0 Å². The predicted octanol–water partition coefficient (Wildman–Crippen LogP) is 14.7. The molecule has 0 N–H and O–H groups in total. The topological polar surface area (TPSA) is 25.8 Å². The molecule has 2 aliphatic carbocycles. The summed E-state index contributed by atoms with van der Waals surface area (Å²) in [4.78, 5) is 10.4. The van der Waals surface area contributed by atoms with E-state index < -0.39 is 5.41 Å². The van der Waals surface area contributed by atoms with Gasteiger partial charge in [0, 0.05) is 16.9 Å². The number of fused-ring (bicyclic) bond motifs is 4. The van der Waals surface area contributed by atoms with Gasteiger partial charge in [-0.15, -0.1) is 0 Å². The number of rotatable bonds is 7. The van der Waals surface area contributed by atoms with E-state index in [0.717, 1.165) is 22.5 Å². The molecule has 2 aliphatic rings. The zero-order valence-corrected chi connectivity index (χ0v) is 33.1. The first-order chi connectivity index (χ1) is 29.2. The van der Waals surface area contributed by atoms with Gasteiger partial charge in [0.1, 0.15) is 0 Å². The van der Waals surface area contributed by atoms with Crippen molar-refractivity contribution in [1.82, 2.24) is 9.97 Å². The summed E-state index contributed by atoms with van der Waals surface area (Å²) < 4.78 is 0. The molecule has 0 saturated heterocycles. The Labute approximate surface area is 346 Å². The van der Waals surface area contributed by atoms with Gasteiger partial charge in [-0.2, -0.15) is 0 Å². The van der Waals surface area contributed by atoms with Crippen molar-refractivity contribution in [2.45, 2.75) is 43.4 Å². The molecule has 1 aromatic heterocycles. The van der Waals surface area contributed by atoms with Crippen molar-refractivity contribution in [2.24, 2.45) is 0 Å². The lowest BCUT2D eigenvalue weighted by Crippen LogP contribution is -2.28. The third-order valence-electron chi connectivity index (χ3n) is 12.9. The van der Waals surface area contributed by atoms with Crippen LogP contribution >= 0.6 is 0 Å². The van der Waals surface area contributed by atoms with Crippen LogP contribution in [0.25, 0.3) is 66.8 Å². The van der Waals surface area contributed by atoms with Crippen LogP contribution in [0.15, 0.2) is 200 Å². The minimum Gasteiger partial charge on any atom is -0.232 e. The molecular weight excluding hydrogens is 713 g/mol. The maximum Gasteiger partial charge on any atom is 0.160 e. The molecule has 282 valence electrons. The summed E-state index contributed by atoms with van der Waals surface area (Å²) in [5, 5.41) is 1.20. The normalized spacial score (nSPS) is 14.5. The molecule has 0 atom stereocenters. The van der Waals surface area contributed by atoms with Crippen LogP contribution in [0.2, 0.25) is 0 Å². The number of hydrogen-bond acceptors (Lipinski definition) is 2. The van der Waals surface area contributed by atoms with E-state index in [-0.39, 0.29) is 0 Å². The third kappa shape index (κ3) is 6.10. The highest BCUT2D eigenvalue weighted by atomic mass is 14.9. The van der Waals surface area contributed by atoms with Gasteiger partial charge in [0.15, 0.2) is 5.82 Å². The summed E-state index contributed by atoms with van der Waals surface area (Å²) in [6, 6.07) is 73.4. The second-order valence-corrected chi connectivity index (χ2v) is 16.3. The Hall–Kier alpha value is -6.90. The summed E-state index contributed by atoms with van der Waals surface area (Å²) in [5.41, 5.74) is 17.8. The quantitative estimate of drug-likeness (QED) is 0.162. The summed E-state index contributed by atoms with van der Waals surface area (Å²) in [5.74, 6) is 1.31. The van der Waals surface area contributed by atoms with Crippen molar-refractivity contribution in [2.75, 3.05) is 0 Å². The predicted molar refractivity (Wildman–Crippen MR) is 244 cm³/mol. The lowest BCUT2D eigenvalue weighted by Gasteiger charge is -2.34. The fraction of sp³-hybridized carbons (Fsp3) is 0.123. The van der Waals surface area contributed by atoms with Crippen molar-refractivity contribution in [3.63, 3.8) is 0 Å². The molecule has 11 rings (SSSR count). The van der Waals surface area contributed by atoms with Crippen LogP contribution in [0.5, 0.6) is 0 Å². The highest BCUT2D eigenvalue weighted by molar-refractivity contribution is 5.87. The van der Waals surface area contributed by atoms with Crippen LogP contribution in [0.4, 0.5) is 0 Å². The first-order valence-corrected chi connectivity index (χ1v) is 21.2. The first-order valence-electron chi connectivity index (χ1n) is 21.2. The lowest BCUT2D eigenvalue weighted by molar-refractivity contribution is 0.439. The zero-order valence-electron chi connectivity index (χ0n) is 33.1. The Morgan fingerprint density at radius 2 is 0.847 bits per heavy atom. The lowest BCUT2D eigenvalue weighted by atomic mass is 9.67. The van der Waals surface area contributed by atoms with Gasteiger partial charge >= 0.3 is 0 Å². The van der Waals surface area contributed by atoms with E-state index in [0.29, 0.717) is 5.92 Å². The largest absolute Gasteiger partial charge is 0.232 e. The molecule has 0 amide bonds. The Balaban J connectivity index is 0.957. The Morgan fingerprint density at radius 1 is 0.373 bits per heavy atom. The minimum absolute atomic E-state index is 0.430. The summed E-state index contributed by atoms with van der Waals surface area (Å²) >= 11 is 0. The average Bonchev–Trinajstić information content (AvgIpc) is 3.63. The smallest absolute Gasteiger partial charge is 0.160 e. The SMILES string of the molecule is c1ccc(C2(c3cccc(-c4cccc(-c5cccc(-c6cccc(-c7nc(C8CCCCC8)c8ccccc8n7)c6)c5)c4)c3)c3ccccc3-c3ccccc32)cc1. The Bertz CT molecular complexity index is 2950. The second-order valence-electron chi connectivity index (χ2n) is 16.3. The molecule has 0 aliphatic heterocycles. The first kappa shape index (κ1) is 35.3. The average molecular weight is 757 g/mol. The number of hydrogen-bond donors (Lipinski definition) is 0. The fourth-order valence-electron chi connectivity index (χ4n) is 10.2. The van der Waals surface area contributed by atoms with E-state index in [2.05, 4.69) is 200 Å². The van der Waals surface area contributed by atoms with E-state index in [1.807, 2.05) is 0 Å². The Morgan fingerprint density at radius 3 is 1.47 bits per heavy atom. The highest BCUT2D eigenvalue weighted by Crippen LogP contribution is 2.56. The van der Waals surface area contributed by atoms with Gasteiger partial charge < -0.3 is 0 Å². The summed E-state index contributed by atoms with van der Waals surface area (Å²) in [6.07, 6.45) is 6.29. The van der Waals surface area contributed by atoms with Crippen LogP contribution in [0.1, 0.15) is 66.0 Å². The molecule has 2 nitrogen and oxygen atoms in total. The van der Waals surface area contributed by atoms with E-state index >= 15 is 0 Å². The number of para-hydroxylation sites is 1. The molecule has 2 heteroatoms. The van der Waals surface area contributed by atoms with Gasteiger partial charge in [-0.25, -0.2) is 9.97 Å². The van der Waals surface area contributed by atoms with Crippen molar-refractivity contribution in [1.29, 1.82) is 0 Å². The van der Waals surface area contributed by atoms with Gasteiger partial charge in [0.05, 0.1) is 16.6 Å². The summed E-state index contributed by atoms with van der Waals surface area (Å²) in [6.45, 7) is 0. The van der Waals surface area contributed by atoms with Crippen LogP contribution in [-0.4, -0.2) is 9.97 Å². The third-order valence-corrected chi connectivity index (χ3v) is 12.9. The van der Waals surface area contributed by atoms with Crippen molar-refractivity contribution in [3.8, 4) is 55.9 Å². The second kappa shape index (κ2) is 14.8. The molecule has 8 aromatic carbocycles. The molecular formula is C57H44N2. The molecule has 0 bridgehead atoms. The molecule has 1 saturated carbocycles. The van der Waals surface area contributed by atoms with Gasteiger partial charge in [-0.1, -0.05) is 189 Å². The molecule has 1 fully saturated rings. The van der Waals surface area contributed by atoms with Gasteiger partial charge in [0.2, 0.25) is 0 Å². The minimum atomic E-state index is -0.430. The van der Waals surface area contributed by atoms with Crippen LogP contribution < -0.4 is 0 Å². The maximum absolute atomic E-state index is 5.30. The van der Waals surface area contributed by atoms with Gasteiger partial charge in [-0.3, -0.25) is 0 Å². The van der Waals surface area contributed by atoms with Crippen molar-refractivity contribution < 1.29 is 0 Å². The van der Waals surface area contributed by atoms with Crippen LogP contribution in [0, 0.1) is 0 Å². The number of aromatic nitrogens is 2.